The molecule has 0 aliphatic rings. The Morgan fingerprint density at radius 3 is 2.45 bits per heavy atom. The highest BCUT2D eigenvalue weighted by atomic mass is 32.2. The molecule has 3 nitrogen and oxygen atoms in total. The van der Waals surface area contributed by atoms with Crippen LogP contribution in [0.3, 0.4) is 0 Å². The van der Waals surface area contributed by atoms with Crippen LogP contribution in [0.4, 0.5) is 0 Å². The van der Waals surface area contributed by atoms with Crippen molar-refractivity contribution in [3.05, 3.63) is 29.3 Å². The van der Waals surface area contributed by atoms with Gasteiger partial charge in [-0.1, -0.05) is 18.2 Å². The average molecular weight is 297 g/mol. The predicted octanol–water partition coefficient (Wildman–Crippen LogP) is 2.77. The lowest BCUT2D eigenvalue weighted by Crippen LogP contribution is -2.38. The van der Waals surface area contributed by atoms with Crippen molar-refractivity contribution in [3.8, 4) is 5.75 Å². The molecule has 20 heavy (non-hydrogen) atoms. The third-order valence-electron chi connectivity index (χ3n) is 3.31. The van der Waals surface area contributed by atoms with Gasteiger partial charge in [0.1, 0.15) is 18.5 Å². The number of benzene rings is 1. The molecule has 0 amide bonds. The number of rotatable bonds is 8. The zero-order chi connectivity index (χ0) is 15.2. The molecule has 0 aromatic heterocycles. The molecule has 0 heterocycles. The number of nitrogens with one attached hydrogen (secondary N) is 1. The fraction of sp³-hybridized carbons (Fsp3) is 0.625. The molecule has 0 radical (unpaired) electrons. The number of aliphatic hydroxyl groups is 1. The average Bonchev–Trinajstić information content (AvgIpc) is 2.38. The Morgan fingerprint density at radius 1 is 1.30 bits per heavy atom. The van der Waals surface area contributed by atoms with Gasteiger partial charge < -0.3 is 15.2 Å². The molecule has 0 spiro atoms. The van der Waals surface area contributed by atoms with Crippen molar-refractivity contribution < 1.29 is 9.84 Å². The molecule has 0 saturated heterocycles. The Bertz CT molecular complexity index is 401. The molecule has 1 aromatic rings. The van der Waals surface area contributed by atoms with Gasteiger partial charge >= 0.3 is 0 Å². The van der Waals surface area contributed by atoms with Gasteiger partial charge in [-0.05, 0) is 45.1 Å². The lowest BCUT2D eigenvalue weighted by atomic mass is 10.1. The largest absolute Gasteiger partial charge is 0.490 e. The van der Waals surface area contributed by atoms with Crippen LogP contribution in [0.5, 0.6) is 5.75 Å². The minimum absolute atomic E-state index is 0.188. The van der Waals surface area contributed by atoms with Crippen LogP contribution in [-0.4, -0.2) is 41.9 Å². The highest BCUT2D eigenvalue weighted by molar-refractivity contribution is 7.99. The molecule has 1 rings (SSSR count). The normalized spacial score (nSPS) is 13.3. The summed E-state index contributed by atoms with van der Waals surface area (Å²) in [6.45, 7) is 10.2. The summed E-state index contributed by atoms with van der Waals surface area (Å²) >= 11 is 1.82. The third-order valence-corrected chi connectivity index (χ3v) is 4.56. The molecule has 114 valence electrons. The van der Waals surface area contributed by atoms with Crippen molar-refractivity contribution >= 4 is 11.8 Å². The maximum atomic E-state index is 9.97. The van der Waals surface area contributed by atoms with Crippen LogP contribution in [-0.2, 0) is 0 Å². The van der Waals surface area contributed by atoms with Crippen molar-refractivity contribution in [1.82, 2.24) is 5.32 Å². The monoisotopic (exact) mass is 297 g/mol. The topological polar surface area (TPSA) is 41.5 Å². The van der Waals surface area contributed by atoms with Crippen LogP contribution in [0, 0.1) is 13.8 Å². The number of hydrogen-bond acceptors (Lipinski definition) is 4. The fourth-order valence-corrected chi connectivity index (χ4v) is 2.12. The number of ether oxygens (including phenoxy) is 1. The first kappa shape index (κ1) is 17.3. The van der Waals surface area contributed by atoms with Crippen molar-refractivity contribution in [2.75, 3.05) is 26.0 Å². The summed E-state index contributed by atoms with van der Waals surface area (Å²) in [7, 11) is 0. The van der Waals surface area contributed by atoms with E-state index in [1.807, 2.05) is 43.8 Å². The van der Waals surface area contributed by atoms with Crippen LogP contribution < -0.4 is 10.1 Å². The third kappa shape index (κ3) is 5.73. The van der Waals surface area contributed by atoms with Gasteiger partial charge in [0.2, 0.25) is 0 Å². The van der Waals surface area contributed by atoms with Crippen LogP contribution in [0.2, 0.25) is 0 Å². The first-order valence-electron chi connectivity index (χ1n) is 6.98. The van der Waals surface area contributed by atoms with Gasteiger partial charge in [0.15, 0.2) is 0 Å². The van der Waals surface area contributed by atoms with Crippen molar-refractivity contribution in [2.45, 2.75) is 38.5 Å². The standard InChI is InChI=1S/C16H27NO2S/c1-12-7-6-8-13(2)15(12)19-10-14(18)9-17-11-16(3,4)20-5/h6-8,14,17-18H,9-11H2,1-5H3. The van der Waals surface area contributed by atoms with Crippen LogP contribution in [0.1, 0.15) is 25.0 Å². The lowest BCUT2D eigenvalue weighted by Gasteiger charge is -2.23. The van der Waals surface area contributed by atoms with E-state index in [0.717, 1.165) is 23.4 Å². The van der Waals surface area contributed by atoms with E-state index >= 15 is 0 Å². The molecule has 4 heteroatoms. The molecular weight excluding hydrogens is 270 g/mol. The van der Waals surface area contributed by atoms with Crippen molar-refractivity contribution in [1.29, 1.82) is 0 Å². The molecule has 0 aliphatic carbocycles. The minimum Gasteiger partial charge on any atom is -0.490 e. The summed E-state index contributed by atoms with van der Waals surface area (Å²) in [6.07, 6.45) is 1.61. The predicted molar refractivity (Wildman–Crippen MR) is 87.9 cm³/mol. The van der Waals surface area contributed by atoms with Gasteiger partial charge in [-0.3, -0.25) is 0 Å². The molecule has 1 aromatic carbocycles. The Kier molecular flexibility index (Phi) is 6.86. The van der Waals surface area contributed by atoms with E-state index < -0.39 is 6.10 Å². The highest BCUT2D eigenvalue weighted by Gasteiger charge is 2.16. The first-order chi connectivity index (χ1) is 9.35. The van der Waals surface area contributed by atoms with Crippen molar-refractivity contribution in [2.24, 2.45) is 0 Å². The van der Waals surface area contributed by atoms with E-state index in [4.69, 9.17) is 4.74 Å². The van der Waals surface area contributed by atoms with Crippen LogP contribution in [0.25, 0.3) is 0 Å². The smallest absolute Gasteiger partial charge is 0.125 e. The quantitative estimate of drug-likeness (QED) is 0.774. The first-order valence-corrected chi connectivity index (χ1v) is 8.21. The second-order valence-electron chi connectivity index (χ2n) is 5.78. The van der Waals surface area contributed by atoms with Gasteiger partial charge in [0.05, 0.1) is 0 Å². The molecule has 0 fully saturated rings. The molecule has 0 aliphatic heterocycles. The Hall–Kier alpha value is -0.710. The lowest BCUT2D eigenvalue weighted by molar-refractivity contribution is 0.105. The number of aliphatic hydroxyl groups excluding tert-OH is 1. The van der Waals surface area contributed by atoms with E-state index in [2.05, 4.69) is 25.4 Å². The molecule has 1 unspecified atom stereocenters. The Labute approximate surface area is 127 Å². The maximum absolute atomic E-state index is 9.97. The highest BCUT2D eigenvalue weighted by Crippen LogP contribution is 2.22. The summed E-state index contributed by atoms with van der Waals surface area (Å²) in [6, 6.07) is 6.06. The van der Waals surface area contributed by atoms with Gasteiger partial charge in [0, 0.05) is 17.8 Å². The summed E-state index contributed by atoms with van der Waals surface area (Å²) in [5, 5.41) is 13.3. The maximum Gasteiger partial charge on any atom is 0.125 e. The summed E-state index contributed by atoms with van der Waals surface area (Å²) in [5.41, 5.74) is 2.21. The summed E-state index contributed by atoms with van der Waals surface area (Å²) in [4.78, 5) is 0. The second-order valence-corrected chi connectivity index (χ2v) is 7.29. The fourth-order valence-electron chi connectivity index (χ4n) is 1.88. The van der Waals surface area contributed by atoms with E-state index in [9.17, 15) is 5.11 Å². The zero-order valence-corrected chi connectivity index (χ0v) is 14.0. The van der Waals surface area contributed by atoms with Crippen LogP contribution in [0.15, 0.2) is 18.2 Å². The van der Waals surface area contributed by atoms with Crippen molar-refractivity contribution in [3.63, 3.8) is 0 Å². The molecule has 0 bridgehead atoms. The molecule has 2 N–H and O–H groups in total. The van der Waals surface area contributed by atoms with Gasteiger partial charge in [0.25, 0.3) is 0 Å². The molecular formula is C16H27NO2S. The Morgan fingerprint density at radius 2 is 1.90 bits per heavy atom. The van der Waals surface area contributed by atoms with E-state index in [1.165, 1.54) is 0 Å². The Balaban J connectivity index is 2.35. The summed E-state index contributed by atoms with van der Waals surface area (Å²) < 4.78 is 5.93. The summed E-state index contributed by atoms with van der Waals surface area (Å²) in [5.74, 6) is 0.885. The molecule has 0 saturated carbocycles. The van der Waals surface area contributed by atoms with E-state index in [0.29, 0.717) is 13.2 Å². The number of hydrogen-bond donors (Lipinski definition) is 2. The SMILES string of the molecule is CSC(C)(C)CNCC(O)COc1c(C)cccc1C. The second kappa shape index (κ2) is 7.91. The van der Waals surface area contributed by atoms with Gasteiger partial charge in [-0.25, -0.2) is 0 Å². The van der Waals surface area contributed by atoms with Gasteiger partial charge in [-0.15, -0.1) is 0 Å². The van der Waals surface area contributed by atoms with E-state index in [-0.39, 0.29) is 4.75 Å². The number of aryl methyl sites for hydroxylation is 2. The number of thioether (sulfide) groups is 1. The molecule has 1 atom stereocenters. The van der Waals surface area contributed by atoms with Crippen LogP contribution >= 0.6 is 11.8 Å². The number of para-hydroxylation sites is 1. The van der Waals surface area contributed by atoms with E-state index in [1.54, 1.807) is 0 Å². The minimum atomic E-state index is -0.494. The zero-order valence-electron chi connectivity index (χ0n) is 13.2. The van der Waals surface area contributed by atoms with Gasteiger partial charge in [-0.2, -0.15) is 11.8 Å².